The van der Waals surface area contributed by atoms with E-state index in [1.807, 2.05) is 6.07 Å². The van der Waals surface area contributed by atoms with E-state index in [1.165, 1.54) is 22.5 Å². The molecule has 2 heterocycles. The molecular weight excluding hydrogens is 262 g/mol. The van der Waals surface area contributed by atoms with E-state index in [-0.39, 0.29) is 6.04 Å². The zero-order chi connectivity index (χ0) is 14.2. The first-order valence-corrected chi connectivity index (χ1v) is 7.30. The molecule has 2 N–H and O–H groups in total. The first kappa shape index (κ1) is 12.3. The number of nitrogens with zero attached hydrogens (tertiary/aromatic N) is 1. The molecule has 0 aliphatic carbocycles. The van der Waals surface area contributed by atoms with Gasteiger partial charge in [-0.25, -0.2) is 0 Å². The van der Waals surface area contributed by atoms with Crippen molar-refractivity contribution in [3.63, 3.8) is 0 Å². The second-order valence-electron chi connectivity index (χ2n) is 5.50. The second kappa shape index (κ2) is 4.81. The van der Waals surface area contributed by atoms with Gasteiger partial charge in [0.05, 0.1) is 17.4 Å². The minimum atomic E-state index is 0.0920. The largest absolute Gasteiger partial charge is 0.375 e. The highest BCUT2D eigenvalue weighted by molar-refractivity contribution is 5.84. The Labute approximate surface area is 123 Å². The Kier molecular flexibility index (Phi) is 2.81. The SMILES string of the molecule is O=CNCC1Nc2ccccc2N2CCc3cccc1c32. The molecule has 0 fully saturated rings. The van der Waals surface area contributed by atoms with Crippen LogP contribution in [0.15, 0.2) is 42.5 Å². The fraction of sp³-hybridized carbons (Fsp3) is 0.235. The molecule has 0 saturated carbocycles. The molecule has 2 aliphatic rings. The van der Waals surface area contributed by atoms with Crippen LogP contribution in [0.25, 0.3) is 0 Å². The van der Waals surface area contributed by atoms with Crippen molar-refractivity contribution in [2.45, 2.75) is 12.5 Å². The van der Waals surface area contributed by atoms with E-state index in [1.54, 1.807) is 0 Å². The van der Waals surface area contributed by atoms with Crippen molar-refractivity contribution in [3.05, 3.63) is 53.6 Å². The summed E-state index contributed by atoms with van der Waals surface area (Å²) in [5, 5.41) is 6.39. The maximum absolute atomic E-state index is 10.7. The Morgan fingerprint density at radius 2 is 2.14 bits per heavy atom. The zero-order valence-electron chi connectivity index (χ0n) is 11.7. The third-order valence-corrected chi connectivity index (χ3v) is 4.33. The molecule has 2 aliphatic heterocycles. The number of amides is 1. The highest BCUT2D eigenvalue weighted by Gasteiger charge is 2.31. The van der Waals surface area contributed by atoms with Crippen LogP contribution in [0.3, 0.4) is 0 Å². The lowest BCUT2D eigenvalue weighted by Gasteiger charge is -2.21. The van der Waals surface area contributed by atoms with Gasteiger partial charge < -0.3 is 15.5 Å². The van der Waals surface area contributed by atoms with Crippen LogP contribution in [0.4, 0.5) is 17.1 Å². The van der Waals surface area contributed by atoms with Crippen LogP contribution in [-0.2, 0) is 11.2 Å². The minimum absolute atomic E-state index is 0.0920. The topological polar surface area (TPSA) is 44.4 Å². The summed E-state index contributed by atoms with van der Waals surface area (Å²) in [7, 11) is 0. The molecule has 4 nitrogen and oxygen atoms in total. The van der Waals surface area contributed by atoms with Gasteiger partial charge in [-0.1, -0.05) is 30.3 Å². The molecule has 4 heteroatoms. The summed E-state index contributed by atoms with van der Waals surface area (Å²) < 4.78 is 0. The van der Waals surface area contributed by atoms with E-state index < -0.39 is 0 Å². The Morgan fingerprint density at radius 1 is 1.24 bits per heavy atom. The maximum atomic E-state index is 10.7. The van der Waals surface area contributed by atoms with E-state index in [9.17, 15) is 4.79 Å². The average molecular weight is 279 g/mol. The molecule has 0 bridgehead atoms. The lowest BCUT2D eigenvalue weighted by molar-refractivity contribution is -0.109. The van der Waals surface area contributed by atoms with E-state index in [0.717, 1.165) is 25.1 Å². The van der Waals surface area contributed by atoms with Crippen molar-refractivity contribution >= 4 is 23.5 Å². The molecule has 0 radical (unpaired) electrons. The number of carbonyl (C=O) groups is 1. The molecule has 21 heavy (non-hydrogen) atoms. The van der Waals surface area contributed by atoms with Crippen LogP contribution in [0, 0.1) is 0 Å². The van der Waals surface area contributed by atoms with Gasteiger partial charge in [-0.2, -0.15) is 0 Å². The molecule has 2 aromatic rings. The summed E-state index contributed by atoms with van der Waals surface area (Å²) in [4.78, 5) is 13.1. The van der Waals surface area contributed by atoms with Crippen LogP contribution in [0.1, 0.15) is 17.2 Å². The van der Waals surface area contributed by atoms with Crippen molar-refractivity contribution < 1.29 is 4.79 Å². The molecule has 1 amide bonds. The van der Waals surface area contributed by atoms with Crippen LogP contribution in [0.5, 0.6) is 0 Å². The van der Waals surface area contributed by atoms with E-state index >= 15 is 0 Å². The van der Waals surface area contributed by atoms with Crippen LogP contribution in [-0.4, -0.2) is 19.5 Å². The molecule has 0 aromatic heterocycles. The molecule has 2 aromatic carbocycles. The number of carbonyl (C=O) groups excluding carboxylic acids is 1. The number of rotatable bonds is 3. The molecule has 1 unspecified atom stereocenters. The van der Waals surface area contributed by atoms with Gasteiger partial charge in [-0.15, -0.1) is 0 Å². The summed E-state index contributed by atoms with van der Waals surface area (Å²) in [5.74, 6) is 0. The minimum Gasteiger partial charge on any atom is -0.375 e. The Balaban J connectivity index is 1.89. The van der Waals surface area contributed by atoms with Crippen LogP contribution in [0.2, 0.25) is 0 Å². The van der Waals surface area contributed by atoms with Gasteiger partial charge >= 0.3 is 0 Å². The van der Waals surface area contributed by atoms with E-state index in [4.69, 9.17) is 0 Å². The summed E-state index contributed by atoms with van der Waals surface area (Å²) in [6.07, 6.45) is 1.84. The number of para-hydroxylation sites is 3. The summed E-state index contributed by atoms with van der Waals surface area (Å²) in [5.41, 5.74) is 6.31. The summed E-state index contributed by atoms with van der Waals surface area (Å²) in [6.45, 7) is 1.60. The van der Waals surface area contributed by atoms with Gasteiger partial charge in [0.1, 0.15) is 0 Å². The van der Waals surface area contributed by atoms with Gasteiger partial charge in [0.25, 0.3) is 0 Å². The Bertz CT molecular complexity index is 698. The lowest BCUT2D eigenvalue weighted by atomic mass is 10.0. The molecule has 0 saturated heterocycles. The number of anilines is 3. The predicted octanol–water partition coefficient (Wildman–Crippen LogP) is 2.59. The average Bonchev–Trinajstić information content (AvgIpc) is 2.89. The van der Waals surface area contributed by atoms with Crippen molar-refractivity contribution in [1.29, 1.82) is 0 Å². The van der Waals surface area contributed by atoms with E-state index in [2.05, 4.69) is 51.9 Å². The molecule has 1 atom stereocenters. The maximum Gasteiger partial charge on any atom is 0.207 e. The van der Waals surface area contributed by atoms with Gasteiger partial charge in [0.15, 0.2) is 0 Å². The van der Waals surface area contributed by atoms with Crippen LogP contribution < -0.4 is 15.5 Å². The number of hydrogen-bond acceptors (Lipinski definition) is 3. The fourth-order valence-electron chi connectivity index (χ4n) is 3.43. The van der Waals surface area contributed by atoms with Gasteiger partial charge in [-0.3, -0.25) is 4.79 Å². The second-order valence-corrected chi connectivity index (χ2v) is 5.50. The van der Waals surface area contributed by atoms with Crippen molar-refractivity contribution in [1.82, 2.24) is 5.32 Å². The molecule has 4 rings (SSSR count). The van der Waals surface area contributed by atoms with Crippen molar-refractivity contribution in [2.75, 3.05) is 23.3 Å². The Morgan fingerprint density at radius 3 is 3.05 bits per heavy atom. The summed E-state index contributed by atoms with van der Waals surface area (Å²) in [6, 6.07) is 15.0. The number of hydrogen-bond donors (Lipinski definition) is 2. The Hall–Kier alpha value is -2.49. The summed E-state index contributed by atoms with van der Waals surface area (Å²) >= 11 is 0. The highest BCUT2D eigenvalue weighted by Crippen LogP contribution is 2.46. The first-order chi connectivity index (χ1) is 10.4. The number of fused-ring (bicyclic) bond motifs is 2. The molecular formula is C17H17N3O. The van der Waals surface area contributed by atoms with Crippen molar-refractivity contribution in [2.24, 2.45) is 0 Å². The predicted molar refractivity (Wildman–Crippen MR) is 84.0 cm³/mol. The normalized spacial score (nSPS) is 18.3. The van der Waals surface area contributed by atoms with E-state index in [0.29, 0.717) is 6.54 Å². The lowest BCUT2D eigenvalue weighted by Crippen LogP contribution is -2.25. The third kappa shape index (κ3) is 1.87. The number of benzene rings is 2. The third-order valence-electron chi connectivity index (χ3n) is 4.33. The molecule has 106 valence electrons. The number of nitrogens with one attached hydrogen (secondary N) is 2. The monoisotopic (exact) mass is 279 g/mol. The fourth-order valence-corrected chi connectivity index (χ4v) is 3.43. The van der Waals surface area contributed by atoms with Gasteiger partial charge in [0, 0.05) is 24.3 Å². The van der Waals surface area contributed by atoms with Gasteiger partial charge in [0.2, 0.25) is 6.41 Å². The van der Waals surface area contributed by atoms with Crippen molar-refractivity contribution in [3.8, 4) is 0 Å². The molecule has 0 spiro atoms. The zero-order valence-corrected chi connectivity index (χ0v) is 11.7. The quantitative estimate of drug-likeness (QED) is 0.849. The standard InChI is InChI=1S/C17H17N3O/c21-11-18-10-15-13-5-3-4-12-8-9-20(17(12)13)16-7-2-1-6-14(16)19-15/h1-7,11,15,19H,8-10H2,(H,18,21). The highest BCUT2D eigenvalue weighted by atomic mass is 16.1. The smallest absolute Gasteiger partial charge is 0.207 e. The van der Waals surface area contributed by atoms with Crippen LogP contribution >= 0.6 is 0 Å². The first-order valence-electron chi connectivity index (χ1n) is 7.30. The van der Waals surface area contributed by atoms with Gasteiger partial charge in [-0.05, 0) is 24.1 Å².